The highest BCUT2D eigenvalue weighted by molar-refractivity contribution is 7.88. The first-order valence-corrected chi connectivity index (χ1v) is 7.45. The van der Waals surface area contributed by atoms with E-state index < -0.39 is 10.0 Å². The first-order valence-electron chi connectivity index (χ1n) is 5.56. The lowest BCUT2D eigenvalue weighted by Crippen LogP contribution is -2.20. The quantitative estimate of drug-likeness (QED) is 0.924. The summed E-state index contributed by atoms with van der Waals surface area (Å²) in [5, 5.41) is 0. The smallest absolute Gasteiger partial charge is 0.209 e. The number of benzene rings is 2. The highest BCUT2D eigenvalue weighted by atomic mass is 32.2. The van der Waals surface area contributed by atoms with Gasteiger partial charge in [-0.1, -0.05) is 66.7 Å². The van der Waals surface area contributed by atoms with E-state index >= 15 is 0 Å². The van der Waals surface area contributed by atoms with Gasteiger partial charge < -0.3 is 0 Å². The fraction of sp³-hybridized carbons (Fsp3) is 0.143. The third-order valence-electron chi connectivity index (χ3n) is 2.05. The third kappa shape index (κ3) is 7.60. The van der Waals surface area contributed by atoms with Crippen LogP contribution in [0.2, 0.25) is 0 Å². The van der Waals surface area contributed by atoms with Gasteiger partial charge in [-0.3, -0.25) is 0 Å². The van der Waals surface area contributed by atoms with Gasteiger partial charge in [0.1, 0.15) is 0 Å². The number of nitrogens with one attached hydrogen (secondary N) is 1. The van der Waals surface area contributed by atoms with Crippen LogP contribution in [-0.2, 0) is 16.6 Å². The molecule has 0 saturated carbocycles. The van der Waals surface area contributed by atoms with Gasteiger partial charge in [0.15, 0.2) is 0 Å². The van der Waals surface area contributed by atoms with Crippen molar-refractivity contribution in [2.45, 2.75) is 6.54 Å². The summed E-state index contributed by atoms with van der Waals surface area (Å²) in [4.78, 5) is 0. The van der Waals surface area contributed by atoms with Gasteiger partial charge in [0, 0.05) is 6.54 Å². The van der Waals surface area contributed by atoms with E-state index in [0.717, 1.165) is 11.8 Å². The lowest BCUT2D eigenvalue weighted by Gasteiger charge is -2.00. The molecule has 0 spiro atoms. The fourth-order valence-electron chi connectivity index (χ4n) is 1.20. The van der Waals surface area contributed by atoms with Gasteiger partial charge in [-0.25, -0.2) is 13.1 Å². The zero-order chi connectivity index (χ0) is 13.3. The lowest BCUT2D eigenvalue weighted by atomic mass is 10.2. The average Bonchev–Trinajstić information content (AvgIpc) is 2.40. The Kier molecular flexibility index (Phi) is 6.11. The van der Waals surface area contributed by atoms with Crippen LogP contribution in [0.1, 0.15) is 5.56 Å². The molecular weight excluding hydrogens is 246 g/mol. The Balaban J connectivity index is 0.000000225. The highest BCUT2D eigenvalue weighted by Gasteiger charge is 1.98. The van der Waals surface area contributed by atoms with Crippen LogP contribution in [0.5, 0.6) is 0 Å². The van der Waals surface area contributed by atoms with Gasteiger partial charge in [0.25, 0.3) is 0 Å². The zero-order valence-electron chi connectivity index (χ0n) is 10.3. The molecule has 2 aromatic carbocycles. The monoisotopic (exact) mass is 263 g/mol. The van der Waals surface area contributed by atoms with Gasteiger partial charge in [-0.05, 0) is 5.56 Å². The Morgan fingerprint density at radius 3 is 1.61 bits per heavy atom. The predicted molar refractivity (Wildman–Crippen MR) is 74.6 cm³/mol. The van der Waals surface area contributed by atoms with E-state index in [4.69, 9.17) is 0 Å². The molecule has 4 heteroatoms. The van der Waals surface area contributed by atoms with Crippen LogP contribution in [0.15, 0.2) is 66.7 Å². The number of sulfonamides is 1. The van der Waals surface area contributed by atoms with E-state index in [0.29, 0.717) is 6.54 Å². The number of rotatable bonds is 3. The fourth-order valence-corrected chi connectivity index (χ4v) is 1.62. The molecule has 0 fully saturated rings. The van der Waals surface area contributed by atoms with Gasteiger partial charge >= 0.3 is 0 Å². The van der Waals surface area contributed by atoms with E-state index in [1.165, 1.54) is 0 Å². The molecule has 0 bridgehead atoms. The third-order valence-corrected chi connectivity index (χ3v) is 2.72. The van der Waals surface area contributed by atoms with E-state index in [1.54, 1.807) is 0 Å². The predicted octanol–water partition coefficient (Wildman–Crippen LogP) is 2.42. The van der Waals surface area contributed by atoms with Crippen LogP contribution in [0.25, 0.3) is 0 Å². The van der Waals surface area contributed by atoms with Crippen molar-refractivity contribution in [1.29, 1.82) is 0 Å². The maximum absolute atomic E-state index is 10.7. The van der Waals surface area contributed by atoms with Gasteiger partial charge in [-0.15, -0.1) is 0 Å². The van der Waals surface area contributed by atoms with E-state index in [1.807, 2.05) is 66.7 Å². The maximum atomic E-state index is 10.7. The molecule has 0 atom stereocenters. The summed E-state index contributed by atoms with van der Waals surface area (Å²) >= 11 is 0. The van der Waals surface area contributed by atoms with Gasteiger partial charge in [0.05, 0.1) is 6.26 Å². The van der Waals surface area contributed by atoms with Crippen LogP contribution in [0.3, 0.4) is 0 Å². The van der Waals surface area contributed by atoms with Crippen LogP contribution < -0.4 is 4.72 Å². The minimum atomic E-state index is -3.07. The number of hydrogen-bond donors (Lipinski definition) is 1. The Labute approximate surface area is 109 Å². The summed E-state index contributed by atoms with van der Waals surface area (Å²) in [6, 6.07) is 21.4. The SMILES string of the molecule is CS(=O)(=O)NCc1ccccc1.c1ccccc1. The van der Waals surface area contributed by atoms with Crippen LogP contribution in [-0.4, -0.2) is 14.7 Å². The Morgan fingerprint density at radius 2 is 1.22 bits per heavy atom. The normalized spacial score (nSPS) is 10.3. The van der Waals surface area contributed by atoms with E-state index in [9.17, 15) is 8.42 Å². The molecule has 0 saturated heterocycles. The molecular formula is C14H17NO2S. The topological polar surface area (TPSA) is 46.2 Å². The highest BCUT2D eigenvalue weighted by Crippen LogP contribution is 1.97. The van der Waals surface area contributed by atoms with Crippen molar-refractivity contribution < 1.29 is 8.42 Å². The molecule has 2 rings (SSSR count). The second-order valence-corrected chi connectivity index (χ2v) is 5.57. The van der Waals surface area contributed by atoms with Crippen LogP contribution in [0.4, 0.5) is 0 Å². The van der Waals surface area contributed by atoms with Crippen molar-refractivity contribution in [3.63, 3.8) is 0 Å². The zero-order valence-corrected chi connectivity index (χ0v) is 11.1. The van der Waals surface area contributed by atoms with Crippen molar-refractivity contribution in [2.75, 3.05) is 6.26 Å². The molecule has 0 radical (unpaired) electrons. The van der Waals surface area contributed by atoms with Crippen molar-refractivity contribution in [3.05, 3.63) is 72.3 Å². The summed E-state index contributed by atoms with van der Waals surface area (Å²) in [5.74, 6) is 0. The minimum Gasteiger partial charge on any atom is -0.213 e. The van der Waals surface area contributed by atoms with Gasteiger partial charge in [-0.2, -0.15) is 0 Å². The molecule has 0 aromatic heterocycles. The second-order valence-electron chi connectivity index (χ2n) is 3.73. The molecule has 18 heavy (non-hydrogen) atoms. The van der Waals surface area contributed by atoms with Crippen LogP contribution in [0, 0.1) is 0 Å². The Bertz CT molecular complexity index is 498. The Morgan fingerprint density at radius 1 is 0.833 bits per heavy atom. The average molecular weight is 263 g/mol. The second kappa shape index (κ2) is 7.63. The lowest BCUT2D eigenvalue weighted by molar-refractivity contribution is 0.587. The van der Waals surface area contributed by atoms with E-state index in [2.05, 4.69) is 4.72 Å². The van der Waals surface area contributed by atoms with Crippen LogP contribution >= 0.6 is 0 Å². The molecule has 0 unspecified atom stereocenters. The summed E-state index contributed by atoms with van der Waals surface area (Å²) in [6.07, 6.45) is 1.15. The summed E-state index contributed by atoms with van der Waals surface area (Å²) < 4.78 is 23.8. The molecule has 96 valence electrons. The Hall–Kier alpha value is -1.65. The summed E-state index contributed by atoms with van der Waals surface area (Å²) in [5.41, 5.74) is 0.961. The largest absolute Gasteiger partial charge is 0.213 e. The molecule has 0 aliphatic heterocycles. The standard InChI is InChI=1S/C8H11NO2S.C6H6/c1-12(10,11)9-7-8-5-3-2-4-6-8;1-2-4-6-5-3-1/h2-6,9H,7H2,1H3;1-6H. The molecule has 1 N–H and O–H groups in total. The molecule has 0 amide bonds. The molecule has 0 aliphatic carbocycles. The van der Waals surface area contributed by atoms with Crippen molar-refractivity contribution in [3.8, 4) is 0 Å². The molecule has 0 heterocycles. The van der Waals surface area contributed by atoms with Crippen molar-refractivity contribution >= 4 is 10.0 Å². The molecule has 3 nitrogen and oxygen atoms in total. The first kappa shape index (κ1) is 14.4. The van der Waals surface area contributed by atoms with E-state index in [-0.39, 0.29) is 0 Å². The molecule has 0 aliphatic rings. The molecule has 2 aromatic rings. The van der Waals surface area contributed by atoms with Crippen molar-refractivity contribution in [2.24, 2.45) is 0 Å². The summed E-state index contributed by atoms with van der Waals surface area (Å²) in [6.45, 7) is 0.361. The van der Waals surface area contributed by atoms with Crippen molar-refractivity contribution in [1.82, 2.24) is 4.72 Å². The number of hydrogen-bond acceptors (Lipinski definition) is 2. The summed E-state index contributed by atoms with van der Waals surface area (Å²) in [7, 11) is -3.07. The minimum absolute atomic E-state index is 0.361. The maximum Gasteiger partial charge on any atom is 0.209 e. The first-order chi connectivity index (χ1) is 8.58. The van der Waals surface area contributed by atoms with Gasteiger partial charge in [0.2, 0.25) is 10.0 Å².